The molecule has 5 nitrogen and oxygen atoms in total. The fraction of sp³-hybridized carbons (Fsp3) is 0.667. The highest BCUT2D eigenvalue weighted by atomic mass is 16.5. The van der Waals surface area contributed by atoms with Crippen LogP contribution < -0.4 is 5.32 Å². The van der Waals surface area contributed by atoms with Gasteiger partial charge in [-0.05, 0) is 19.4 Å². The van der Waals surface area contributed by atoms with Crippen LogP contribution in [0.25, 0.3) is 0 Å². The molecule has 1 aromatic rings. The number of carbonyl (C=O) groups is 1. The summed E-state index contributed by atoms with van der Waals surface area (Å²) in [5, 5.41) is 6.90. The smallest absolute Gasteiger partial charge is 0.235 e. The first kappa shape index (κ1) is 9.33. The van der Waals surface area contributed by atoms with Gasteiger partial charge in [0.25, 0.3) is 0 Å². The fourth-order valence-electron chi connectivity index (χ4n) is 1.71. The van der Waals surface area contributed by atoms with E-state index in [1.165, 1.54) is 12.8 Å². The summed E-state index contributed by atoms with van der Waals surface area (Å²) in [7, 11) is 0. The molecule has 1 unspecified atom stereocenters. The van der Waals surface area contributed by atoms with Crippen molar-refractivity contribution >= 4 is 6.29 Å². The number of hydrogen-bond donors (Lipinski definition) is 1. The highest BCUT2D eigenvalue weighted by molar-refractivity contribution is 5.68. The molecule has 14 heavy (non-hydrogen) atoms. The summed E-state index contributed by atoms with van der Waals surface area (Å²) >= 11 is 0. The van der Waals surface area contributed by atoms with Gasteiger partial charge in [0, 0.05) is 12.5 Å². The molecule has 0 saturated carbocycles. The zero-order valence-corrected chi connectivity index (χ0v) is 7.90. The minimum Gasteiger partial charge on any atom is -0.339 e. The van der Waals surface area contributed by atoms with Crippen molar-refractivity contribution < 1.29 is 9.32 Å². The molecule has 1 aliphatic heterocycles. The molecule has 0 spiro atoms. The van der Waals surface area contributed by atoms with Gasteiger partial charge in [-0.2, -0.15) is 4.98 Å². The molecule has 1 N–H and O–H groups in total. The zero-order valence-electron chi connectivity index (χ0n) is 7.90. The summed E-state index contributed by atoms with van der Waals surface area (Å²) in [5.74, 6) is 0.683. The maximum absolute atomic E-state index is 10.3. The Morgan fingerprint density at radius 1 is 1.57 bits per heavy atom. The molecule has 1 saturated heterocycles. The Kier molecular flexibility index (Phi) is 2.88. The van der Waals surface area contributed by atoms with Crippen LogP contribution in [-0.4, -0.2) is 29.0 Å². The van der Waals surface area contributed by atoms with E-state index in [9.17, 15) is 4.79 Å². The van der Waals surface area contributed by atoms with Crippen molar-refractivity contribution in [3.8, 4) is 0 Å². The van der Waals surface area contributed by atoms with Gasteiger partial charge in [-0.1, -0.05) is 11.6 Å². The Morgan fingerprint density at radius 2 is 2.50 bits per heavy atom. The summed E-state index contributed by atoms with van der Waals surface area (Å²) in [6, 6.07) is 0.420. The second kappa shape index (κ2) is 4.32. The molecule has 0 bridgehead atoms. The Balaban J connectivity index is 1.92. The Labute approximate surface area is 81.9 Å². The number of aromatic nitrogens is 2. The number of carbonyl (C=O) groups excluding carboxylic acids is 1. The van der Waals surface area contributed by atoms with Crippen LogP contribution in [-0.2, 0) is 6.42 Å². The van der Waals surface area contributed by atoms with Crippen LogP contribution in [0.15, 0.2) is 4.52 Å². The van der Waals surface area contributed by atoms with Crippen LogP contribution >= 0.6 is 0 Å². The lowest BCUT2D eigenvalue weighted by molar-refractivity contribution is 0.111. The van der Waals surface area contributed by atoms with E-state index in [-0.39, 0.29) is 5.82 Å². The quantitative estimate of drug-likeness (QED) is 0.714. The van der Waals surface area contributed by atoms with E-state index in [4.69, 9.17) is 4.52 Å². The van der Waals surface area contributed by atoms with Crippen molar-refractivity contribution in [2.24, 2.45) is 0 Å². The lowest BCUT2D eigenvalue weighted by atomic mass is 10.0. The molecule has 0 radical (unpaired) electrons. The minimum absolute atomic E-state index is 0.135. The number of aldehydes is 1. The second-order valence-electron chi connectivity index (χ2n) is 3.52. The maximum atomic E-state index is 10.3. The monoisotopic (exact) mass is 195 g/mol. The number of hydrogen-bond acceptors (Lipinski definition) is 5. The third-order valence-corrected chi connectivity index (χ3v) is 2.42. The first-order valence-corrected chi connectivity index (χ1v) is 4.89. The standard InChI is InChI=1S/C9H13N3O2/c13-6-8-11-9(14-12-8)5-7-3-1-2-4-10-7/h6-7,10H,1-5H2. The van der Waals surface area contributed by atoms with Crippen molar-refractivity contribution in [3.63, 3.8) is 0 Å². The Bertz CT molecular complexity index is 305. The van der Waals surface area contributed by atoms with Crippen LogP contribution in [0.3, 0.4) is 0 Å². The largest absolute Gasteiger partial charge is 0.339 e. The van der Waals surface area contributed by atoms with Crippen molar-refractivity contribution in [1.29, 1.82) is 0 Å². The van der Waals surface area contributed by atoms with Gasteiger partial charge < -0.3 is 9.84 Å². The predicted molar refractivity (Wildman–Crippen MR) is 49.0 cm³/mol. The van der Waals surface area contributed by atoms with Crippen LogP contribution in [0.4, 0.5) is 0 Å². The number of nitrogens with one attached hydrogen (secondary N) is 1. The predicted octanol–water partition coefficient (Wildman–Crippen LogP) is 0.567. The summed E-state index contributed by atoms with van der Waals surface area (Å²) < 4.78 is 4.93. The van der Waals surface area contributed by atoms with E-state index in [1.807, 2.05) is 0 Å². The van der Waals surface area contributed by atoms with Gasteiger partial charge in [0.15, 0.2) is 6.29 Å². The number of nitrogens with zero attached hydrogens (tertiary/aromatic N) is 2. The zero-order chi connectivity index (χ0) is 9.80. The Hall–Kier alpha value is -1.23. The van der Waals surface area contributed by atoms with Crippen molar-refractivity contribution in [1.82, 2.24) is 15.5 Å². The van der Waals surface area contributed by atoms with Crippen molar-refractivity contribution in [2.75, 3.05) is 6.54 Å². The third kappa shape index (κ3) is 2.17. The van der Waals surface area contributed by atoms with Gasteiger partial charge >= 0.3 is 0 Å². The van der Waals surface area contributed by atoms with Gasteiger partial charge in [-0.15, -0.1) is 0 Å². The molecule has 0 aromatic carbocycles. The molecule has 1 aromatic heterocycles. The minimum atomic E-state index is 0.135. The van der Waals surface area contributed by atoms with E-state index in [1.54, 1.807) is 0 Å². The summed E-state index contributed by atoms with van der Waals surface area (Å²) in [5.41, 5.74) is 0. The average molecular weight is 195 g/mol. The molecular formula is C9H13N3O2. The topological polar surface area (TPSA) is 68.0 Å². The average Bonchev–Trinajstić information content (AvgIpc) is 2.67. The molecule has 1 aliphatic rings. The highest BCUT2D eigenvalue weighted by Crippen LogP contribution is 2.11. The van der Waals surface area contributed by atoms with Crippen molar-refractivity contribution in [2.45, 2.75) is 31.7 Å². The van der Waals surface area contributed by atoms with Crippen LogP contribution in [0.5, 0.6) is 0 Å². The molecule has 1 fully saturated rings. The van der Waals surface area contributed by atoms with E-state index >= 15 is 0 Å². The highest BCUT2D eigenvalue weighted by Gasteiger charge is 2.16. The van der Waals surface area contributed by atoms with E-state index in [2.05, 4.69) is 15.5 Å². The molecule has 1 atom stereocenters. The first-order valence-electron chi connectivity index (χ1n) is 4.89. The molecule has 0 amide bonds. The van der Waals surface area contributed by atoms with Gasteiger partial charge in [0.05, 0.1) is 0 Å². The van der Waals surface area contributed by atoms with E-state index in [0.717, 1.165) is 19.4 Å². The van der Waals surface area contributed by atoms with E-state index in [0.29, 0.717) is 18.2 Å². The summed E-state index contributed by atoms with van der Waals surface area (Å²) in [4.78, 5) is 14.2. The van der Waals surface area contributed by atoms with Gasteiger partial charge in [-0.3, -0.25) is 4.79 Å². The number of piperidine rings is 1. The van der Waals surface area contributed by atoms with Crippen LogP contribution in [0.1, 0.15) is 35.8 Å². The van der Waals surface area contributed by atoms with Crippen LogP contribution in [0, 0.1) is 0 Å². The fourth-order valence-corrected chi connectivity index (χ4v) is 1.71. The summed E-state index contributed by atoms with van der Waals surface area (Å²) in [6.45, 7) is 1.05. The molecule has 2 heterocycles. The van der Waals surface area contributed by atoms with Gasteiger partial charge in [0.2, 0.25) is 11.7 Å². The van der Waals surface area contributed by atoms with Gasteiger partial charge in [0.1, 0.15) is 0 Å². The van der Waals surface area contributed by atoms with Crippen LogP contribution in [0.2, 0.25) is 0 Å². The second-order valence-corrected chi connectivity index (χ2v) is 3.52. The SMILES string of the molecule is O=Cc1noc(CC2CCCCN2)n1. The molecule has 2 rings (SSSR count). The normalized spacial score (nSPS) is 22.1. The summed E-state index contributed by atoms with van der Waals surface area (Å²) in [6.07, 6.45) is 4.94. The lowest BCUT2D eigenvalue weighted by Crippen LogP contribution is -2.35. The third-order valence-electron chi connectivity index (χ3n) is 2.42. The lowest BCUT2D eigenvalue weighted by Gasteiger charge is -2.21. The van der Waals surface area contributed by atoms with E-state index < -0.39 is 0 Å². The maximum Gasteiger partial charge on any atom is 0.235 e. The van der Waals surface area contributed by atoms with Crippen molar-refractivity contribution in [3.05, 3.63) is 11.7 Å². The first-order chi connectivity index (χ1) is 6.88. The number of rotatable bonds is 3. The molecule has 5 heteroatoms. The Morgan fingerprint density at radius 3 is 3.14 bits per heavy atom. The van der Waals surface area contributed by atoms with Gasteiger partial charge in [-0.25, -0.2) is 0 Å². The molecule has 76 valence electrons. The molecule has 0 aliphatic carbocycles. The molecular weight excluding hydrogens is 182 g/mol.